The lowest BCUT2D eigenvalue weighted by Gasteiger charge is -2.12. The van der Waals surface area contributed by atoms with Gasteiger partial charge < -0.3 is 15.4 Å². The number of ether oxygens (including phenoxy) is 1. The first-order valence-corrected chi connectivity index (χ1v) is 8.62. The number of aryl methyl sites for hydroxylation is 2. The van der Waals surface area contributed by atoms with Crippen molar-refractivity contribution in [1.29, 1.82) is 0 Å². The number of carbonyl (C=O) groups is 2. The molecule has 2 N–H and O–H groups in total. The number of hydrogen-bond acceptors (Lipinski definition) is 4. The molecule has 138 valence electrons. The molecule has 2 aromatic rings. The zero-order chi connectivity index (χ0) is 19.3. The number of nitrogens with zero attached hydrogens (tertiary/aromatic N) is 1. The minimum Gasteiger partial charge on any atom is -0.474 e. The fraction of sp³-hybridized carbons (Fsp3) is 0.316. The van der Waals surface area contributed by atoms with Crippen LogP contribution < -0.4 is 15.4 Å². The van der Waals surface area contributed by atoms with Gasteiger partial charge in [-0.25, -0.2) is 4.98 Å². The average Bonchev–Trinajstić information content (AvgIpc) is 2.57. The maximum Gasteiger partial charge on any atom is 0.253 e. The first kappa shape index (κ1) is 19.7. The van der Waals surface area contributed by atoms with Crippen molar-refractivity contribution in [3.8, 4) is 5.88 Å². The zero-order valence-corrected chi connectivity index (χ0v) is 16.0. The lowest BCUT2D eigenvalue weighted by molar-refractivity contribution is -0.115. The highest BCUT2D eigenvalue weighted by Crippen LogP contribution is 2.23. The van der Waals surface area contributed by atoms with Gasteiger partial charge in [0.25, 0.3) is 5.91 Å². The number of hydrogen-bond donors (Lipinski definition) is 2. The molecule has 0 aliphatic heterocycles. The van der Waals surface area contributed by atoms with Gasteiger partial charge in [0.2, 0.25) is 11.8 Å². The van der Waals surface area contributed by atoms with Crippen LogP contribution in [0.3, 0.4) is 0 Å². The van der Waals surface area contributed by atoms with Crippen LogP contribution in [0.1, 0.15) is 35.3 Å². The number of pyridine rings is 1. The van der Waals surface area contributed by atoms with Crippen LogP contribution in [-0.4, -0.2) is 29.4 Å². The highest BCUT2D eigenvalue weighted by molar-refractivity contribution is 6.32. The SMILES string of the molecule is Cc1cccc(C)c1NC(=O)CNC(=O)c1cnc(OC(C)C)c(Cl)c1. The topological polar surface area (TPSA) is 80.3 Å². The van der Waals surface area contributed by atoms with Crippen molar-refractivity contribution in [2.24, 2.45) is 0 Å². The molecule has 2 rings (SSSR count). The third kappa shape index (κ3) is 5.20. The molecule has 0 fully saturated rings. The predicted octanol–water partition coefficient (Wildman–Crippen LogP) is 3.51. The number of carbonyl (C=O) groups excluding carboxylic acids is 2. The van der Waals surface area contributed by atoms with Crippen LogP contribution in [0.25, 0.3) is 0 Å². The second-order valence-electron chi connectivity index (χ2n) is 6.18. The van der Waals surface area contributed by atoms with E-state index in [4.69, 9.17) is 16.3 Å². The highest BCUT2D eigenvalue weighted by Gasteiger charge is 2.13. The third-order valence-corrected chi connectivity index (χ3v) is 3.84. The van der Waals surface area contributed by atoms with Gasteiger partial charge in [0.05, 0.1) is 18.2 Å². The Morgan fingerprint density at radius 1 is 1.23 bits per heavy atom. The predicted molar refractivity (Wildman–Crippen MR) is 102 cm³/mol. The van der Waals surface area contributed by atoms with Crippen LogP contribution in [0, 0.1) is 13.8 Å². The van der Waals surface area contributed by atoms with Crippen LogP contribution in [0.2, 0.25) is 5.02 Å². The van der Waals surface area contributed by atoms with Gasteiger partial charge in [0.15, 0.2) is 0 Å². The van der Waals surface area contributed by atoms with E-state index in [0.717, 1.165) is 16.8 Å². The van der Waals surface area contributed by atoms with Gasteiger partial charge in [-0.2, -0.15) is 0 Å². The maximum atomic E-state index is 12.2. The summed E-state index contributed by atoms with van der Waals surface area (Å²) in [7, 11) is 0. The summed E-state index contributed by atoms with van der Waals surface area (Å²) in [6, 6.07) is 7.21. The Kier molecular flexibility index (Phi) is 6.58. The van der Waals surface area contributed by atoms with E-state index < -0.39 is 5.91 Å². The van der Waals surface area contributed by atoms with Gasteiger partial charge in [-0.15, -0.1) is 0 Å². The molecule has 0 spiro atoms. The van der Waals surface area contributed by atoms with Crippen LogP contribution in [0.5, 0.6) is 5.88 Å². The molecular formula is C19H22ClN3O3. The summed E-state index contributed by atoms with van der Waals surface area (Å²) >= 11 is 6.08. The monoisotopic (exact) mass is 375 g/mol. The van der Waals surface area contributed by atoms with E-state index in [1.54, 1.807) is 0 Å². The second kappa shape index (κ2) is 8.67. The molecule has 0 bridgehead atoms. The van der Waals surface area contributed by atoms with Crippen LogP contribution >= 0.6 is 11.6 Å². The number of benzene rings is 1. The molecule has 0 radical (unpaired) electrons. The highest BCUT2D eigenvalue weighted by atomic mass is 35.5. The minimum atomic E-state index is -0.438. The van der Waals surface area contributed by atoms with Gasteiger partial charge >= 0.3 is 0 Å². The van der Waals surface area contributed by atoms with E-state index in [1.807, 2.05) is 45.9 Å². The molecule has 0 aliphatic carbocycles. The van der Waals surface area contributed by atoms with Gasteiger partial charge in [0, 0.05) is 11.9 Å². The minimum absolute atomic E-state index is 0.0757. The number of amides is 2. The summed E-state index contributed by atoms with van der Waals surface area (Å²) < 4.78 is 5.43. The first-order valence-electron chi connectivity index (χ1n) is 8.24. The Morgan fingerprint density at radius 3 is 2.46 bits per heavy atom. The summed E-state index contributed by atoms with van der Waals surface area (Å²) in [5.74, 6) is -0.479. The molecule has 7 heteroatoms. The van der Waals surface area contributed by atoms with Gasteiger partial charge in [0.1, 0.15) is 5.02 Å². The van der Waals surface area contributed by atoms with E-state index in [0.29, 0.717) is 0 Å². The van der Waals surface area contributed by atoms with Crippen LogP contribution in [0.15, 0.2) is 30.5 Å². The standard InChI is InChI=1S/C19H22ClN3O3/c1-11(2)26-19-15(20)8-14(9-22-19)18(25)21-10-16(24)23-17-12(3)6-5-7-13(17)4/h5-9,11H,10H2,1-4H3,(H,21,25)(H,23,24). The average molecular weight is 376 g/mol. The molecule has 0 saturated carbocycles. The summed E-state index contributed by atoms with van der Waals surface area (Å²) in [5, 5.41) is 5.61. The normalized spacial score (nSPS) is 10.5. The second-order valence-corrected chi connectivity index (χ2v) is 6.58. The number of nitrogens with one attached hydrogen (secondary N) is 2. The molecule has 26 heavy (non-hydrogen) atoms. The Morgan fingerprint density at radius 2 is 1.88 bits per heavy atom. The molecule has 1 aromatic carbocycles. The Balaban J connectivity index is 1.96. The smallest absolute Gasteiger partial charge is 0.253 e. The largest absolute Gasteiger partial charge is 0.474 e. The van der Waals surface area contributed by atoms with Gasteiger partial charge in [-0.05, 0) is 44.9 Å². The van der Waals surface area contributed by atoms with Gasteiger partial charge in [-0.1, -0.05) is 29.8 Å². The van der Waals surface area contributed by atoms with Crippen molar-refractivity contribution in [3.63, 3.8) is 0 Å². The quantitative estimate of drug-likeness (QED) is 0.809. The van der Waals surface area contributed by atoms with Crippen molar-refractivity contribution in [3.05, 3.63) is 52.2 Å². The van der Waals surface area contributed by atoms with Crippen LogP contribution in [0.4, 0.5) is 5.69 Å². The number of para-hydroxylation sites is 1. The molecule has 6 nitrogen and oxygen atoms in total. The lowest BCUT2D eigenvalue weighted by Crippen LogP contribution is -2.33. The Bertz CT molecular complexity index is 801. The Labute approximate surface area is 157 Å². The number of rotatable bonds is 6. The molecule has 2 amide bonds. The fourth-order valence-electron chi connectivity index (χ4n) is 2.32. The molecular weight excluding hydrogens is 354 g/mol. The molecule has 0 saturated heterocycles. The fourth-order valence-corrected chi connectivity index (χ4v) is 2.53. The van der Waals surface area contributed by atoms with E-state index in [9.17, 15) is 9.59 Å². The zero-order valence-electron chi connectivity index (χ0n) is 15.2. The van der Waals surface area contributed by atoms with Crippen molar-refractivity contribution in [1.82, 2.24) is 10.3 Å². The molecule has 0 aliphatic rings. The van der Waals surface area contributed by atoms with Crippen molar-refractivity contribution in [2.75, 3.05) is 11.9 Å². The van der Waals surface area contributed by atoms with Crippen molar-refractivity contribution in [2.45, 2.75) is 33.8 Å². The number of halogens is 1. The summed E-state index contributed by atoms with van der Waals surface area (Å²) in [4.78, 5) is 28.3. The van der Waals surface area contributed by atoms with E-state index in [-0.39, 0.29) is 35.0 Å². The van der Waals surface area contributed by atoms with E-state index in [1.165, 1.54) is 12.3 Å². The van der Waals surface area contributed by atoms with Gasteiger partial charge in [-0.3, -0.25) is 9.59 Å². The van der Waals surface area contributed by atoms with E-state index >= 15 is 0 Å². The van der Waals surface area contributed by atoms with E-state index in [2.05, 4.69) is 15.6 Å². The number of aromatic nitrogens is 1. The van der Waals surface area contributed by atoms with Crippen molar-refractivity contribution < 1.29 is 14.3 Å². The summed E-state index contributed by atoms with van der Waals surface area (Å²) in [6.45, 7) is 7.38. The Hall–Kier alpha value is -2.60. The third-order valence-electron chi connectivity index (χ3n) is 3.57. The maximum absolute atomic E-state index is 12.2. The number of anilines is 1. The van der Waals surface area contributed by atoms with Crippen molar-refractivity contribution >= 4 is 29.1 Å². The molecule has 1 heterocycles. The summed E-state index contributed by atoms with van der Waals surface area (Å²) in [6.07, 6.45) is 1.29. The summed E-state index contributed by atoms with van der Waals surface area (Å²) in [5.41, 5.74) is 2.93. The molecule has 0 atom stereocenters. The lowest BCUT2D eigenvalue weighted by atomic mass is 10.1. The molecule has 1 aromatic heterocycles. The first-order chi connectivity index (χ1) is 12.3. The van der Waals surface area contributed by atoms with Crippen LogP contribution in [-0.2, 0) is 4.79 Å². The molecule has 0 unspecified atom stereocenters.